The highest BCUT2D eigenvalue weighted by atomic mass is 16.5. The highest BCUT2D eigenvalue weighted by Crippen LogP contribution is 2.35. The summed E-state index contributed by atoms with van der Waals surface area (Å²) < 4.78 is 11.2. The Bertz CT molecular complexity index is 1220. The van der Waals surface area contributed by atoms with Gasteiger partial charge in [0.2, 0.25) is 5.95 Å². The van der Waals surface area contributed by atoms with E-state index in [0.717, 1.165) is 85.8 Å². The Morgan fingerprint density at radius 1 is 1.06 bits per heavy atom. The number of methoxy groups -OCH3 is 1. The van der Waals surface area contributed by atoms with E-state index in [4.69, 9.17) is 19.4 Å². The minimum Gasteiger partial charge on any atom is -0.494 e. The molecule has 0 spiro atoms. The van der Waals surface area contributed by atoms with E-state index in [1.165, 1.54) is 18.4 Å². The number of anilines is 6. The van der Waals surface area contributed by atoms with Gasteiger partial charge < -0.3 is 35.6 Å². The van der Waals surface area contributed by atoms with Crippen molar-refractivity contribution in [2.45, 2.75) is 31.8 Å². The molecule has 6 rings (SSSR count). The number of morpholine rings is 1. The van der Waals surface area contributed by atoms with Crippen molar-refractivity contribution in [3.8, 4) is 5.75 Å². The van der Waals surface area contributed by atoms with E-state index in [1.54, 1.807) is 7.11 Å². The number of nitrogens with one attached hydrogen (secondary N) is 4. The number of nitrogens with zero attached hydrogens (tertiary/aromatic N) is 3. The maximum absolute atomic E-state index is 5.72. The van der Waals surface area contributed by atoms with Crippen LogP contribution < -0.4 is 30.9 Å². The van der Waals surface area contributed by atoms with Crippen molar-refractivity contribution in [3.05, 3.63) is 53.6 Å². The van der Waals surface area contributed by atoms with Crippen LogP contribution in [0.2, 0.25) is 0 Å². The molecular formula is C27H33N7O2. The topological polar surface area (TPSA) is 95.6 Å². The predicted molar refractivity (Wildman–Crippen MR) is 143 cm³/mol. The fraction of sp³-hybridized carbons (Fsp3) is 0.407. The number of hydrogen-bond acceptors (Lipinski definition) is 9. The van der Waals surface area contributed by atoms with Crippen LogP contribution in [-0.2, 0) is 17.7 Å². The van der Waals surface area contributed by atoms with E-state index >= 15 is 0 Å². The van der Waals surface area contributed by atoms with Crippen LogP contribution in [0, 0.1) is 0 Å². The molecule has 2 aromatic carbocycles. The minimum absolute atomic E-state index is 0.525. The van der Waals surface area contributed by atoms with Gasteiger partial charge in [-0.2, -0.15) is 9.97 Å². The molecule has 0 amide bonds. The molecule has 2 aliphatic heterocycles. The molecule has 3 aromatic rings. The molecule has 1 aliphatic carbocycles. The number of para-hydroxylation sites is 1. The standard InChI is InChI=1S/C27H33N7O2/c1-35-24-16-20(34-12-14-36-15-13-34)8-9-23(24)31-27-32-25-21(10-11-28-25)26(33-27)30-22-5-3-2-4-18(22)17-29-19-6-7-19/h2-5,8-9,16,19,29H,6-7,10-15,17H2,1H3,(H3,28,30,31,32,33). The van der Waals surface area contributed by atoms with Crippen molar-refractivity contribution >= 4 is 34.6 Å². The molecule has 0 atom stereocenters. The summed E-state index contributed by atoms with van der Waals surface area (Å²) >= 11 is 0. The van der Waals surface area contributed by atoms with Crippen LogP contribution in [0.1, 0.15) is 24.0 Å². The van der Waals surface area contributed by atoms with E-state index in [9.17, 15) is 0 Å². The van der Waals surface area contributed by atoms with E-state index in [-0.39, 0.29) is 0 Å². The summed E-state index contributed by atoms with van der Waals surface area (Å²) in [6.45, 7) is 4.94. The van der Waals surface area contributed by atoms with Gasteiger partial charge in [0.25, 0.3) is 0 Å². The number of hydrogen-bond donors (Lipinski definition) is 4. The largest absolute Gasteiger partial charge is 0.494 e. The molecule has 1 saturated heterocycles. The summed E-state index contributed by atoms with van der Waals surface area (Å²) in [5.41, 5.74) is 5.36. The van der Waals surface area contributed by atoms with Gasteiger partial charge in [0.1, 0.15) is 17.4 Å². The molecule has 3 heterocycles. The van der Waals surface area contributed by atoms with Crippen molar-refractivity contribution in [2.24, 2.45) is 0 Å². The molecule has 3 aliphatic rings. The van der Waals surface area contributed by atoms with Gasteiger partial charge in [-0.3, -0.25) is 0 Å². The summed E-state index contributed by atoms with van der Waals surface area (Å²) in [6.07, 6.45) is 3.43. The zero-order chi connectivity index (χ0) is 24.3. The predicted octanol–water partition coefficient (Wildman–Crippen LogP) is 4.03. The first kappa shape index (κ1) is 22.9. The Balaban J connectivity index is 1.25. The van der Waals surface area contributed by atoms with Crippen LogP contribution in [0.4, 0.5) is 34.6 Å². The molecule has 9 heteroatoms. The second-order valence-corrected chi connectivity index (χ2v) is 9.45. The Morgan fingerprint density at radius 2 is 1.92 bits per heavy atom. The van der Waals surface area contributed by atoms with Gasteiger partial charge in [0.05, 0.1) is 26.0 Å². The Hall–Kier alpha value is -3.56. The third kappa shape index (κ3) is 5.03. The summed E-state index contributed by atoms with van der Waals surface area (Å²) in [5, 5.41) is 14.0. The molecule has 1 saturated carbocycles. The lowest BCUT2D eigenvalue weighted by molar-refractivity contribution is 0.122. The number of ether oxygens (including phenoxy) is 2. The third-order valence-corrected chi connectivity index (χ3v) is 6.91. The second-order valence-electron chi connectivity index (χ2n) is 9.45. The Kier molecular flexibility index (Phi) is 6.48. The molecule has 9 nitrogen and oxygen atoms in total. The van der Waals surface area contributed by atoms with Crippen LogP contribution in [0.25, 0.3) is 0 Å². The summed E-state index contributed by atoms with van der Waals surface area (Å²) in [7, 11) is 1.69. The number of rotatable bonds is 9. The first-order valence-electron chi connectivity index (χ1n) is 12.8. The highest BCUT2D eigenvalue weighted by molar-refractivity contribution is 5.73. The third-order valence-electron chi connectivity index (χ3n) is 6.91. The van der Waals surface area contributed by atoms with Gasteiger partial charge in [0.15, 0.2) is 0 Å². The van der Waals surface area contributed by atoms with E-state index in [0.29, 0.717) is 12.0 Å². The monoisotopic (exact) mass is 487 g/mol. The van der Waals surface area contributed by atoms with Crippen LogP contribution in [0.3, 0.4) is 0 Å². The van der Waals surface area contributed by atoms with Crippen molar-refractivity contribution < 1.29 is 9.47 Å². The Labute approximate surface area is 211 Å². The lowest BCUT2D eigenvalue weighted by Crippen LogP contribution is -2.36. The maximum atomic E-state index is 5.72. The molecule has 188 valence electrons. The lowest BCUT2D eigenvalue weighted by Gasteiger charge is -2.29. The van der Waals surface area contributed by atoms with Crippen molar-refractivity contribution in [2.75, 3.05) is 60.8 Å². The second kappa shape index (κ2) is 10.2. The van der Waals surface area contributed by atoms with Crippen LogP contribution in [0.5, 0.6) is 5.75 Å². The van der Waals surface area contributed by atoms with Crippen LogP contribution in [0.15, 0.2) is 42.5 Å². The zero-order valence-corrected chi connectivity index (χ0v) is 20.6. The molecular weight excluding hydrogens is 454 g/mol. The van der Waals surface area contributed by atoms with Crippen molar-refractivity contribution in [1.29, 1.82) is 0 Å². The molecule has 4 N–H and O–H groups in total. The maximum Gasteiger partial charge on any atom is 0.231 e. The van der Waals surface area contributed by atoms with Crippen LogP contribution >= 0.6 is 0 Å². The van der Waals surface area contributed by atoms with Gasteiger partial charge in [-0.05, 0) is 43.0 Å². The average molecular weight is 488 g/mol. The Morgan fingerprint density at radius 3 is 2.75 bits per heavy atom. The molecule has 1 aromatic heterocycles. The minimum atomic E-state index is 0.525. The normalized spacial score (nSPS) is 16.9. The van der Waals surface area contributed by atoms with Gasteiger partial charge in [-0.25, -0.2) is 0 Å². The fourth-order valence-corrected chi connectivity index (χ4v) is 4.72. The summed E-state index contributed by atoms with van der Waals surface area (Å²) in [4.78, 5) is 12.0. The average Bonchev–Trinajstić information content (AvgIpc) is 3.63. The number of fused-ring (bicyclic) bond motifs is 1. The van der Waals surface area contributed by atoms with Crippen molar-refractivity contribution in [3.63, 3.8) is 0 Å². The first-order chi connectivity index (χ1) is 17.8. The molecule has 2 fully saturated rings. The summed E-state index contributed by atoms with van der Waals surface area (Å²) in [5.74, 6) is 2.97. The zero-order valence-electron chi connectivity index (χ0n) is 20.6. The smallest absolute Gasteiger partial charge is 0.231 e. The van der Waals surface area contributed by atoms with Gasteiger partial charge in [0, 0.05) is 55.2 Å². The van der Waals surface area contributed by atoms with E-state index < -0.39 is 0 Å². The van der Waals surface area contributed by atoms with Gasteiger partial charge in [-0.15, -0.1) is 0 Å². The quantitative estimate of drug-likeness (QED) is 0.357. The fourth-order valence-electron chi connectivity index (χ4n) is 4.72. The van der Waals surface area contributed by atoms with Gasteiger partial charge in [-0.1, -0.05) is 18.2 Å². The first-order valence-corrected chi connectivity index (χ1v) is 12.8. The molecule has 0 bridgehead atoms. The van der Waals surface area contributed by atoms with Gasteiger partial charge >= 0.3 is 0 Å². The molecule has 36 heavy (non-hydrogen) atoms. The lowest BCUT2D eigenvalue weighted by atomic mass is 10.1. The van der Waals surface area contributed by atoms with E-state index in [1.807, 2.05) is 6.07 Å². The SMILES string of the molecule is COc1cc(N2CCOCC2)ccc1Nc1nc2c(c(Nc3ccccc3CNC3CC3)n1)CCN2. The number of benzene rings is 2. The molecule has 0 radical (unpaired) electrons. The van der Waals surface area contributed by atoms with E-state index in [2.05, 4.69) is 62.6 Å². The highest BCUT2D eigenvalue weighted by Gasteiger charge is 2.23. The molecule has 0 unspecified atom stereocenters. The number of aromatic nitrogens is 2. The van der Waals surface area contributed by atoms with Crippen molar-refractivity contribution in [1.82, 2.24) is 15.3 Å². The summed E-state index contributed by atoms with van der Waals surface area (Å²) in [6, 6.07) is 15.3. The van der Waals surface area contributed by atoms with Crippen LogP contribution in [-0.4, -0.2) is 56.0 Å².